The standard InChI is InChI=1S/C9H5ClF3N/c10-7-6(9(11,12)13)2-1-5-3-4-14-8(5)7/h1-4,14H. The summed E-state index contributed by atoms with van der Waals surface area (Å²) in [4.78, 5) is 2.67. The number of alkyl halides is 3. The van der Waals surface area contributed by atoms with E-state index in [4.69, 9.17) is 11.6 Å². The topological polar surface area (TPSA) is 15.8 Å². The van der Waals surface area contributed by atoms with Gasteiger partial charge in [0.2, 0.25) is 0 Å². The zero-order chi connectivity index (χ0) is 10.3. The molecule has 1 N–H and O–H groups in total. The highest BCUT2D eigenvalue weighted by Gasteiger charge is 2.33. The van der Waals surface area contributed by atoms with Crippen molar-refractivity contribution < 1.29 is 13.2 Å². The molecule has 1 nitrogen and oxygen atoms in total. The maximum Gasteiger partial charge on any atom is 0.417 e. The van der Waals surface area contributed by atoms with Crippen LogP contribution in [-0.2, 0) is 6.18 Å². The van der Waals surface area contributed by atoms with Crippen LogP contribution in [-0.4, -0.2) is 4.98 Å². The van der Waals surface area contributed by atoms with Crippen LogP contribution in [0.5, 0.6) is 0 Å². The highest BCUT2D eigenvalue weighted by Crippen LogP contribution is 2.37. The molecule has 1 aromatic heterocycles. The molecule has 0 atom stereocenters. The van der Waals surface area contributed by atoms with Gasteiger partial charge in [-0.1, -0.05) is 17.7 Å². The molecule has 5 heteroatoms. The van der Waals surface area contributed by atoms with E-state index in [9.17, 15) is 13.2 Å². The van der Waals surface area contributed by atoms with E-state index < -0.39 is 11.7 Å². The minimum Gasteiger partial charge on any atom is -0.360 e. The number of aromatic nitrogens is 1. The van der Waals surface area contributed by atoms with E-state index in [1.165, 1.54) is 6.07 Å². The van der Waals surface area contributed by atoms with Crippen molar-refractivity contribution in [1.82, 2.24) is 4.98 Å². The Morgan fingerprint density at radius 2 is 1.86 bits per heavy atom. The Balaban J connectivity index is 2.74. The van der Waals surface area contributed by atoms with Gasteiger partial charge in [0, 0.05) is 11.6 Å². The third-order valence-electron chi connectivity index (χ3n) is 1.97. The lowest BCUT2D eigenvalue weighted by Gasteiger charge is -2.08. The predicted molar refractivity (Wildman–Crippen MR) is 48.3 cm³/mol. The maximum absolute atomic E-state index is 12.4. The van der Waals surface area contributed by atoms with Gasteiger partial charge in [-0.05, 0) is 12.1 Å². The average Bonchev–Trinajstić information content (AvgIpc) is 2.50. The van der Waals surface area contributed by atoms with Gasteiger partial charge in [-0.2, -0.15) is 13.2 Å². The summed E-state index contributed by atoms with van der Waals surface area (Å²) < 4.78 is 37.2. The fourth-order valence-corrected chi connectivity index (χ4v) is 1.64. The number of halogens is 4. The van der Waals surface area contributed by atoms with Gasteiger partial charge in [-0.25, -0.2) is 0 Å². The fraction of sp³-hybridized carbons (Fsp3) is 0.111. The van der Waals surface area contributed by atoms with Gasteiger partial charge in [0.15, 0.2) is 0 Å². The number of hydrogen-bond acceptors (Lipinski definition) is 0. The van der Waals surface area contributed by atoms with E-state index in [1.54, 1.807) is 12.3 Å². The number of hydrogen-bond donors (Lipinski definition) is 1. The van der Waals surface area contributed by atoms with Crippen LogP contribution in [0.15, 0.2) is 24.4 Å². The highest BCUT2D eigenvalue weighted by molar-refractivity contribution is 6.36. The first-order valence-electron chi connectivity index (χ1n) is 3.83. The normalized spacial score (nSPS) is 12.3. The van der Waals surface area contributed by atoms with Crippen molar-refractivity contribution in [2.24, 2.45) is 0 Å². The lowest BCUT2D eigenvalue weighted by atomic mass is 10.1. The lowest BCUT2D eigenvalue weighted by Crippen LogP contribution is -2.05. The molecule has 0 bridgehead atoms. The third kappa shape index (κ3) is 1.35. The summed E-state index contributed by atoms with van der Waals surface area (Å²) in [6.07, 6.45) is -2.85. The number of rotatable bonds is 0. The van der Waals surface area contributed by atoms with Crippen LogP contribution in [0.2, 0.25) is 5.02 Å². The Morgan fingerprint density at radius 3 is 2.50 bits per heavy atom. The predicted octanol–water partition coefficient (Wildman–Crippen LogP) is 3.84. The monoisotopic (exact) mass is 219 g/mol. The Bertz CT molecular complexity index is 472. The summed E-state index contributed by atoms with van der Waals surface area (Å²) in [6.45, 7) is 0. The maximum atomic E-state index is 12.4. The van der Waals surface area contributed by atoms with Crippen LogP contribution in [0.25, 0.3) is 10.9 Å². The van der Waals surface area contributed by atoms with Crippen molar-refractivity contribution in [2.75, 3.05) is 0 Å². The first-order valence-corrected chi connectivity index (χ1v) is 4.21. The molecule has 0 aliphatic heterocycles. The average molecular weight is 220 g/mol. The van der Waals surface area contributed by atoms with Crippen molar-refractivity contribution in [3.8, 4) is 0 Å². The van der Waals surface area contributed by atoms with Gasteiger partial charge >= 0.3 is 6.18 Å². The van der Waals surface area contributed by atoms with Crippen LogP contribution in [0.4, 0.5) is 13.2 Å². The molecule has 2 rings (SSSR count). The summed E-state index contributed by atoms with van der Waals surface area (Å²) in [7, 11) is 0. The number of nitrogens with one attached hydrogen (secondary N) is 1. The molecule has 1 aromatic carbocycles. The van der Waals surface area contributed by atoms with E-state index in [0.717, 1.165) is 6.07 Å². The van der Waals surface area contributed by atoms with E-state index in [0.29, 0.717) is 10.9 Å². The number of benzene rings is 1. The second kappa shape index (κ2) is 2.92. The van der Waals surface area contributed by atoms with Crippen LogP contribution in [0.3, 0.4) is 0 Å². The number of aromatic amines is 1. The number of fused-ring (bicyclic) bond motifs is 1. The van der Waals surface area contributed by atoms with Crippen molar-refractivity contribution in [3.63, 3.8) is 0 Å². The minimum absolute atomic E-state index is 0.278. The molecular formula is C9H5ClF3N. The molecule has 0 unspecified atom stereocenters. The molecule has 0 amide bonds. The largest absolute Gasteiger partial charge is 0.417 e. The lowest BCUT2D eigenvalue weighted by molar-refractivity contribution is -0.137. The van der Waals surface area contributed by atoms with Gasteiger partial charge < -0.3 is 4.98 Å². The van der Waals surface area contributed by atoms with Gasteiger partial charge in [-0.15, -0.1) is 0 Å². The quantitative estimate of drug-likeness (QED) is 0.693. The fourth-order valence-electron chi connectivity index (χ4n) is 1.31. The van der Waals surface area contributed by atoms with Gasteiger partial charge in [0.25, 0.3) is 0 Å². The SMILES string of the molecule is FC(F)(F)c1ccc2cc[nH]c2c1Cl. The second-order valence-corrected chi connectivity index (χ2v) is 3.24. The summed E-state index contributed by atoms with van der Waals surface area (Å²) in [5, 5.41) is 0.392. The molecule has 14 heavy (non-hydrogen) atoms. The minimum atomic E-state index is -4.41. The van der Waals surface area contributed by atoms with E-state index in [2.05, 4.69) is 4.98 Å². The highest BCUT2D eigenvalue weighted by atomic mass is 35.5. The molecular weight excluding hydrogens is 215 g/mol. The van der Waals surface area contributed by atoms with E-state index in [-0.39, 0.29) is 5.02 Å². The Morgan fingerprint density at radius 1 is 1.14 bits per heavy atom. The van der Waals surface area contributed by atoms with E-state index >= 15 is 0 Å². The Labute approximate surface area is 82.5 Å². The zero-order valence-electron chi connectivity index (χ0n) is 6.82. The summed E-state index contributed by atoms with van der Waals surface area (Å²) in [5.41, 5.74) is -0.490. The van der Waals surface area contributed by atoms with Crippen LogP contribution in [0, 0.1) is 0 Å². The molecule has 0 fully saturated rings. The van der Waals surface area contributed by atoms with Crippen LogP contribution < -0.4 is 0 Å². The summed E-state index contributed by atoms with van der Waals surface area (Å²) in [6, 6.07) is 4.04. The molecule has 0 saturated heterocycles. The third-order valence-corrected chi connectivity index (χ3v) is 2.36. The summed E-state index contributed by atoms with van der Waals surface area (Å²) in [5.74, 6) is 0. The van der Waals surface area contributed by atoms with Crippen molar-refractivity contribution >= 4 is 22.5 Å². The van der Waals surface area contributed by atoms with Gasteiger partial charge in [0.1, 0.15) is 0 Å². The van der Waals surface area contributed by atoms with E-state index in [1.807, 2.05) is 0 Å². The first-order chi connectivity index (χ1) is 6.50. The van der Waals surface area contributed by atoms with Crippen molar-refractivity contribution in [3.05, 3.63) is 35.0 Å². The molecule has 0 spiro atoms. The molecule has 0 aliphatic carbocycles. The van der Waals surface area contributed by atoms with Crippen molar-refractivity contribution in [2.45, 2.75) is 6.18 Å². The van der Waals surface area contributed by atoms with Gasteiger partial charge in [-0.3, -0.25) is 0 Å². The van der Waals surface area contributed by atoms with Crippen LogP contribution in [0.1, 0.15) is 5.56 Å². The number of H-pyrrole nitrogens is 1. The zero-order valence-corrected chi connectivity index (χ0v) is 7.58. The molecule has 2 aromatic rings. The molecule has 1 heterocycles. The Kier molecular flexibility index (Phi) is 1.96. The van der Waals surface area contributed by atoms with Gasteiger partial charge in [0.05, 0.1) is 16.1 Å². The smallest absolute Gasteiger partial charge is 0.360 e. The summed E-state index contributed by atoms with van der Waals surface area (Å²) >= 11 is 5.62. The van der Waals surface area contributed by atoms with Crippen molar-refractivity contribution in [1.29, 1.82) is 0 Å². The molecule has 0 aliphatic rings. The second-order valence-electron chi connectivity index (χ2n) is 2.87. The Hall–Kier alpha value is -1.16. The molecule has 0 saturated carbocycles. The molecule has 74 valence electrons. The molecule has 0 radical (unpaired) electrons. The van der Waals surface area contributed by atoms with Crippen LogP contribution >= 0.6 is 11.6 Å². The first kappa shape index (κ1) is 9.40.